The number of thioether (sulfide) groups is 1. The second-order valence-electron chi connectivity index (χ2n) is 6.70. The summed E-state index contributed by atoms with van der Waals surface area (Å²) in [4.78, 5) is 19.6. The average Bonchev–Trinajstić information content (AvgIpc) is 2.97. The highest BCUT2D eigenvalue weighted by atomic mass is 32.2. The van der Waals surface area contributed by atoms with E-state index in [0.717, 1.165) is 28.0 Å². The number of pyridine rings is 1. The molecule has 0 radical (unpaired) electrons. The molecule has 1 aliphatic heterocycles. The number of nitrogens with zero attached hydrogens (tertiary/aromatic N) is 2. The minimum absolute atomic E-state index is 0.0999. The van der Waals surface area contributed by atoms with E-state index in [1.807, 2.05) is 55.1 Å². The maximum absolute atomic E-state index is 12.9. The Balaban J connectivity index is 1.71. The molecule has 3 aromatic rings. The highest BCUT2D eigenvalue weighted by Gasteiger charge is 2.40. The fourth-order valence-electron chi connectivity index (χ4n) is 3.36. The van der Waals surface area contributed by atoms with Gasteiger partial charge in [0.2, 0.25) is 5.91 Å². The molecule has 0 bridgehead atoms. The number of amides is 1. The van der Waals surface area contributed by atoms with Crippen molar-refractivity contribution < 1.29 is 9.53 Å². The molecule has 4 rings (SSSR count). The van der Waals surface area contributed by atoms with Crippen molar-refractivity contribution >= 4 is 34.3 Å². The molecular formula is C22H22N2O2S. The number of benzene rings is 2. The Hall–Kier alpha value is -2.53. The first-order valence-corrected chi connectivity index (χ1v) is 10.1. The Bertz CT molecular complexity index is 987. The van der Waals surface area contributed by atoms with Crippen molar-refractivity contribution in [3.05, 3.63) is 65.9 Å². The van der Waals surface area contributed by atoms with Gasteiger partial charge in [-0.15, -0.1) is 11.8 Å². The van der Waals surface area contributed by atoms with Crippen LogP contribution in [0, 0.1) is 6.92 Å². The molecule has 0 unspecified atom stereocenters. The zero-order valence-corrected chi connectivity index (χ0v) is 16.5. The van der Waals surface area contributed by atoms with Crippen LogP contribution in [0.3, 0.4) is 0 Å². The van der Waals surface area contributed by atoms with Crippen molar-refractivity contribution in [2.24, 2.45) is 0 Å². The van der Waals surface area contributed by atoms with Gasteiger partial charge in [-0.2, -0.15) is 0 Å². The summed E-state index contributed by atoms with van der Waals surface area (Å²) in [5, 5.41) is 0.891. The standard InChI is InChI=1S/C22H22N2O2S/c1-4-26-18-9-7-17(8-10-18)24-21(25)15(3)27-22(24)20-12-6-16-13-14(2)5-11-19(16)23-20/h5-13,15,22H,4H2,1-3H3/t15-,22+/m0/s1. The lowest BCUT2D eigenvalue weighted by molar-refractivity contribution is -0.117. The summed E-state index contributed by atoms with van der Waals surface area (Å²) in [6.07, 6.45) is 0. The van der Waals surface area contributed by atoms with E-state index in [2.05, 4.69) is 25.1 Å². The lowest BCUT2D eigenvalue weighted by Crippen LogP contribution is -2.30. The third-order valence-corrected chi connectivity index (χ3v) is 6.02. The number of aryl methyl sites for hydroxylation is 1. The van der Waals surface area contributed by atoms with Crippen LogP contribution in [0.5, 0.6) is 5.75 Å². The van der Waals surface area contributed by atoms with Gasteiger partial charge in [0, 0.05) is 11.1 Å². The Morgan fingerprint density at radius 1 is 1.11 bits per heavy atom. The molecule has 2 heterocycles. The molecule has 2 atom stereocenters. The summed E-state index contributed by atoms with van der Waals surface area (Å²) in [7, 11) is 0. The summed E-state index contributed by atoms with van der Waals surface area (Å²) in [6, 6.07) is 18.1. The first-order chi connectivity index (χ1) is 13.1. The van der Waals surface area contributed by atoms with Gasteiger partial charge in [0.15, 0.2) is 0 Å². The Morgan fingerprint density at radius 2 is 1.89 bits per heavy atom. The average molecular weight is 378 g/mol. The molecule has 0 aliphatic carbocycles. The molecule has 1 aromatic heterocycles. The molecule has 4 nitrogen and oxygen atoms in total. The molecule has 0 N–H and O–H groups in total. The molecule has 27 heavy (non-hydrogen) atoms. The van der Waals surface area contributed by atoms with Crippen LogP contribution in [-0.2, 0) is 4.79 Å². The Kier molecular flexibility index (Phi) is 4.79. The zero-order chi connectivity index (χ0) is 19.0. The van der Waals surface area contributed by atoms with Crippen molar-refractivity contribution in [1.29, 1.82) is 0 Å². The fraction of sp³-hybridized carbons (Fsp3) is 0.273. The van der Waals surface area contributed by atoms with Gasteiger partial charge in [0.25, 0.3) is 0 Å². The molecule has 0 spiro atoms. The maximum atomic E-state index is 12.9. The second kappa shape index (κ2) is 7.24. The predicted octanol–water partition coefficient (Wildman–Crippen LogP) is 5.11. The fourth-order valence-corrected chi connectivity index (χ4v) is 4.59. The van der Waals surface area contributed by atoms with Crippen LogP contribution < -0.4 is 9.64 Å². The smallest absolute Gasteiger partial charge is 0.241 e. The normalized spacial score (nSPS) is 19.7. The number of carbonyl (C=O) groups excluding carboxylic acids is 1. The van der Waals surface area contributed by atoms with Crippen molar-refractivity contribution in [3.63, 3.8) is 0 Å². The van der Waals surface area contributed by atoms with Gasteiger partial charge < -0.3 is 4.74 Å². The van der Waals surface area contributed by atoms with Crippen LogP contribution >= 0.6 is 11.8 Å². The van der Waals surface area contributed by atoms with Gasteiger partial charge in [-0.1, -0.05) is 17.7 Å². The van der Waals surface area contributed by atoms with E-state index in [0.29, 0.717) is 6.61 Å². The van der Waals surface area contributed by atoms with Crippen LogP contribution in [0.25, 0.3) is 10.9 Å². The largest absolute Gasteiger partial charge is 0.494 e. The Labute approximate surface area is 163 Å². The van der Waals surface area contributed by atoms with E-state index >= 15 is 0 Å². The molecule has 1 fully saturated rings. The minimum Gasteiger partial charge on any atom is -0.494 e. The molecule has 5 heteroatoms. The maximum Gasteiger partial charge on any atom is 0.241 e. The first kappa shape index (κ1) is 17.9. The van der Waals surface area contributed by atoms with E-state index in [9.17, 15) is 4.79 Å². The molecule has 1 amide bonds. The van der Waals surface area contributed by atoms with E-state index in [4.69, 9.17) is 9.72 Å². The van der Waals surface area contributed by atoms with Gasteiger partial charge in [-0.3, -0.25) is 9.69 Å². The lowest BCUT2D eigenvalue weighted by atomic mass is 10.1. The summed E-state index contributed by atoms with van der Waals surface area (Å²) in [5.41, 5.74) is 3.95. The topological polar surface area (TPSA) is 42.4 Å². The number of ether oxygens (including phenoxy) is 1. The third kappa shape index (κ3) is 3.39. The molecule has 138 valence electrons. The van der Waals surface area contributed by atoms with Crippen molar-refractivity contribution in [1.82, 2.24) is 4.98 Å². The number of aromatic nitrogens is 1. The monoisotopic (exact) mass is 378 g/mol. The minimum atomic E-state index is -0.129. The van der Waals surface area contributed by atoms with Crippen molar-refractivity contribution in [2.75, 3.05) is 11.5 Å². The Morgan fingerprint density at radius 3 is 2.63 bits per heavy atom. The quantitative estimate of drug-likeness (QED) is 0.633. The first-order valence-electron chi connectivity index (χ1n) is 9.15. The van der Waals surface area contributed by atoms with E-state index in [1.165, 1.54) is 5.56 Å². The number of carbonyl (C=O) groups is 1. The van der Waals surface area contributed by atoms with Gasteiger partial charge in [-0.25, -0.2) is 4.98 Å². The van der Waals surface area contributed by atoms with Crippen molar-refractivity contribution in [2.45, 2.75) is 31.4 Å². The van der Waals surface area contributed by atoms with E-state index in [-0.39, 0.29) is 16.5 Å². The predicted molar refractivity (Wildman–Crippen MR) is 111 cm³/mol. The van der Waals surface area contributed by atoms with Gasteiger partial charge in [-0.05, 0) is 63.2 Å². The molecule has 1 aliphatic rings. The lowest BCUT2D eigenvalue weighted by Gasteiger charge is -2.24. The summed E-state index contributed by atoms with van der Waals surface area (Å²) in [6.45, 7) is 6.62. The summed E-state index contributed by atoms with van der Waals surface area (Å²) >= 11 is 1.64. The van der Waals surface area contributed by atoms with Crippen LogP contribution in [0.15, 0.2) is 54.6 Å². The number of hydrogen-bond acceptors (Lipinski definition) is 4. The van der Waals surface area contributed by atoms with Gasteiger partial charge in [0.1, 0.15) is 11.1 Å². The summed E-state index contributed by atoms with van der Waals surface area (Å²) in [5.74, 6) is 0.921. The second-order valence-corrected chi connectivity index (χ2v) is 8.12. The van der Waals surface area contributed by atoms with Gasteiger partial charge >= 0.3 is 0 Å². The highest BCUT2D eigenvalue weighted by Crippen LogP contribution is 2.45. The third-order valence-electron chi connectivity index (χ3n) is 4.70. The highest BCUT2D eigenvalue weighted by molar-refractivity contribution is 8.01. The summed E-state index contributed by atoms with van der Waals surface area (Å²) < 4.78 is 5.52. The van der Waals surface area contributed by atoms with Gasteiger partial charge in [0.05, 0.1) is 23.1 Å². The zero-order valence-electron chi connectivity index (χ0n) is 15.7. The number of fused-ring (bicyclic) bond motifs is 1. The van der Waals surface area contributed by atoms with E-state index < -0.39 is 0 Å². The van der Waals surface area contributed by atoms with Crippen LogP contribution in [-0.4, -0.2) is 22.7 Å². The van der Waals surface area contributed by atoms with Crippen molar-refractivity contribution in [3.8, 4) is 5.75 Å². The number of rotatable bonds is 4. The SMILES string of the molecule is CCOc1ccc(N2C(=O)[C@H](C)S[C@@H]2c2ccc3cc(C)ccc3n2)cc1. The number of hydrogen-bond donors (Lipinski definition) is 0. The molecule has 2 aromatic carbocycles. The molecule has 1 saturated heterocycles. The van der Waals surface area contributed by atoms with Crippen LogP contribution in [0.4, 0.5) is 5.69 Å². The van der Waals surface area contributed by atoms with Crippen LogP contribution in [0.1, 0.15) is 30.5 Å². The van der Waals surface area contributed by atoms with Crippen LogP contribution in [0.2, 0.25) is 0 Å². The number of anilines is 1. The van der Waals surface area contributed by atoms with E-state index in [1.54, 1.807) is 11.8 Å². The molecular weight excluding hydrogens is 356 g/mol. The molecule has 0 saturated carbocycles.